The molecule has 1 heterocycles. The molecule has 5 rings (SSSR count). The smallest absolute Gasteiger partial charge is 0.193 e. The van der Waals surface area contributed by atoms with Gasteiger partial charge in [-0.1, -0.05) is 13.0 Å². The Morgan fingerprint density at radius 3 is 2.75 bits per heavy atom. The molecule has 7 heteroatoms. The molecule has 0 aromatic carbocycles. The quantitative estimate of drug-likeness (QED) is 0.632. The highest BCUT2D eigenvalue weighted by Crippen LogP contribution is 2.71. The third kappa shape index (κ3) is 1.87. The van der Waals surface area contributed by atoms with Crippen LogP contribution in [0.2, 0.25) is 0 Å². The van der Waals surface area contributed by atoms with Crippen LogP contribution in [0, 0.1) is 28.6 Å². The Kier molecular flexibility index (Phi) is 3.72. The van der Waals surface area contributed by atoms with Gasteiger partial charge in [0.25, 0.3) is 0 Å². The molecule has 0 radical (unpaired) electrons. The minimum atomic E-state index is -1.50. The molecule has 0 bridgehead atoms. The number of rotatable bonds is 2. The number of ketones is 2. The lowest BCUT2D eigenvalue weighted by Gasteiger charge is -2.65. The number of aliphatic hydroxyl groups excluding tert-OH is 3. The highest BCUT2D eigenvalue weighted by molar-refractivity contribution is 6.01. The summed E-state index contributed by atoms with van der Waals surface area (Å²) in [5.74, 6) is -1.57. The molecule has 0 amide bonds. The molecule has 28 heavy (non-hydrogen) atoms. The lowest BCUT2D eigenvalue weighted by Crippen LogP contribution is -2.74. The molecule has 0 unspecified atom stereocenters. The first-order valence-corrected chi connectivity index (χ1v) is 9.95. The number of hydrogen-bond acceptors (Lipinski definition) is 6. The van der Waals surface area contributed by atoms with Crippen LogP contribution in [0.3, 0.4) is 0 Å². The van der Waals surface area contributed by atoms with Crippen molar-refractivity contribution in [2.24, 2.45) is 28.6 Å². The molecule has 0 aromatic rings. The van der Waals surface area contributed by atoms with Gasteiger partial charge in [0.05, 0.1) is 18.8 Å². The van der Waals surface area contributed by atoms with Crippen LogP contribution < -0.4 is 0 Å². The van der Waals surface area contributed by atoms with Gasteiger partial charge in [0, 0.05) is 16.7 Å². The fourth-order valence-corrected chi connectivity index (χ4v) is 7.46. The standard InChI is InChI=1S/C21H25FO6/c1-19-3-2-10(24)4-13(19)14(22)5-11-12-6-16(26)21(17(27)8-23)20(12,9-28-21)7-15(25)18(11)19/h2-4,11-12,14-16,18,23,25-26H,5-9H2,1H3/t11-,12-,14-,15-,16+,18+,19-,20+,21-/m0/s1. The van der Waals surface area contributed by atoms with Gasteiger partial charge in [-0.15, -0.1) is 0 Å². The number of allylic oxidation sites excluding steroid dienone is 4. The summed E-state index contributed by atoms with van der Waals surface area (Å²) in [5, 5.41) is 31.4. The number of carbonyl (C=O) groups is 2. The van der Waals surface area contributed by atoms with Crippen LogP contribution in [0.5, 0.6) is 0 Å². The van der Waals surface area contributed by atoms with E-state index in [1.165, 1.54) is 12.2 Å². The molecule has 1 aliphatic heterocycles. The van der Waals surface area contributed by atoms with Crippen molar-refractivity contribution in [1.29, 1.82) is 0 Å². The van der Waals surface area contributed by atoms with Crippen molar-refractivity contribution in [3.8, 4) is 0 Å². The van der Waals surface area contributed by atoms with E-state index in [1.807, 2.05) is 6.92 Å². The van der Waals surface area contributed by atoms with Gasteiger partial charge in [0.15, 0.2) is 17.2 Å². The second kappa shape index (κ2) is 5.59. The summed E-state index contributed by atoms with van der Waals surface area (Å²) in [4.78, 5) is 24.4. The predicted molar refractivity (Wildman–Crippen MR) is 94.8 cm³/mol. The Bertz CT molecular complexity index is 822. The van der Waals surface area contributed by atoms with Crippen molar-refractivity contribution in [3.05, 3.63) is 23.8 Å². The van der Waals surface area contributed by atoms with E-state index in [-0.39, 0.29) is 49.4 Å². The van der Waals surface area contributed by atoms with Gasteiger partial charge in [0.1, 0.15) is 12.8 Å². The second-order valence-corrected chi connectivity index (χ2v) is 9.40. The molecule has 0 aromatic heterocycles. The molecule has 9 atom stereocenters. The van der Waals surface area contributed by atoms with E-state index in [1.54, 1.807) is 6.08 Å². The number of aliphatic hydroxyl groups is 3. The van der Waals surface area contributed by atoms with Crippen LogP contribution in [0.25, 0.3) is 0 Å². The topological polar surface area (TPSA) is 104 Å². The van der Waals surface area contributed by atoms with Crippen molar-refractivity contribution in [2.45, 2.75) is 50.2 Å². The maximum absolute atomic E-state index is 15.2. The predicted octanol–water partition coefficient (Wildman–Crippen LogP) is 0.494. The lowest BCUT2D eigenvalue weighted by molar-refractivity contribution is -0.302. The molecular formula is C21H25FO6. The zero-order chi connectivity index (χ0) is 20.1. The van der Waals surface area contributed by atoms with E-state index in [2.05, 4.69) is 0 Å². The van der Waals surface area contributed by atoms with Crippen LogP contribution in [-0.2, 0) is 14.3 Å². The van der Waals surface area contributed by atoms with E-state index in [4.69, 9.17) is 4.74 Å². The Balaban J connectivity index is 1.60. The van der Waals surface area contributed by atoms with Gasteiger partial charge < -0.3 is 20.1 Å². The number of halogens is 1. The van der Waals surface area contributed by atoms with Crippen molar-refractivity contribution in [3.63, 3.8) is 0 Å². The van der Waals surface area contributed by atoms with Gasteiger partial charge in [-0.3, -0.25) is 9.59 Å². The molecule has 1 saturated heterocycles. The van der Waals surface area contributed by atoms with Crippen LogP contribution in [0.15, 0.2) is 23.8 Å². The number of hydrogen-bond donors (Lipinski definition) is 3. The molecule has 6 nitrogen and oxygen atoms in total. The maximum atomic E-state index is 15.2. The number of fused-ring (bicyclic) bond motifs is 4. The van der Waals surface area contributed by atoms with Crippen molar-refractivity contribution in [1.82, 2.24) is 0 Å². The van der Waals surface area contributed by atoms with Crippen LogP contribution in [0.4, 0.5) is 4.39 Å². The zero-order valence-electron chi connectivity index (χ0n) is 15.7. The first-order chi connectivity index (χ1) is 13.2. The van der Waals surface area contributed by atoms with Crippen LogP contribution in [0.1, 0.15) is 26.2 Å². The number of ether oxygens (including phenoxy) is 1. The minimum absolute atomic E-state index is 0.146. The summed E-state index contributed by atoms with van der Waals surface area (Å²) in [6, 6.07) is 0. The second-order valence-electron chi connectivity index (χ2n) is 9.40. The minimum Gasteiger partial charge on any atom is -0.393 e. The summed E-state index contributed by atoms with van der Waals surface area (Å²) in [6.07, 6.45) is 1.95. The van der Waals surface area contributed by atoms with E-state index in [0.29, 0.717) is 5.57 Å². The van der Waals surface area contributed by atoms with Gasteiger partial charge in [-0.05, 0) is 48.8 Å². The van der Waals surface area contributed by atoms with Gasteiger partial charge in [0.2, 0.25) is 0 Å². The highest BCUT2D eigenvalue weighted by atomic mass is 19.1. The molecule has 152 valence electrons. The Morgan fingerprint density at radius 1 is 1.36 bits per heavy atom. The third-order valence-corrected chi connectivity index (χ3v) is 8.50. The van der Waals surface area contributed by atoms with Crippen molar-refractivity contribution < 1.29 is 34.0 Å². The monoisotopic (exact) mass is 392 g/mol. The average molecular weight is 392 g/mol. The largest absolute Gasteiger partial charge is 0.393 e. The van der Waals surface area contributed by atoms with E-state index >= 15 is 4.39 Å². The van der Waals surface area contributed by atoms with E-state index < -0.39 is 47.2 Å². The van der Waals surface area contributed by atoms with Crippen molar-refractivity contribution in [2.75, 3.05) is 13.2 Å². The summed E-state index contributed by atoms with van der Waals surface area (Å²) in [5.41, 5.74) is -2.64. The molecule has 5 aliphatic rings. The molecular weight excluding hydrogens is 367 g/mol. The molecule has 4 fully saturated rings. The number of alkyl halides is 1. The summed E-state index contributed by atoms with van der Waals surface area (Å²) < 4.78 is 20.8. The first-order valence-electron chi connectivity index (χ1n) is 9.95. The van der Waals surface area contributed by atoms with Crippen LogP contribution in [-0.4, -0.2) is 64.1 Å². The van der Waals surface area contributed by atoms with Gasteiger partial charge in [-0.2, -0.15) is 0 Å². The number of Topliss-reactive ketones (excluding diaryl/α,β-unsaturated/α-hetero) is 1. The normalized spacial score (nSPS) is 54.0. The third-order valence-electron chi connectivity index (χ3n) is 8.50. The first kappa shape index (κ1) is 18.6. The SMILES string of the molecule is C[C@]12C=CC(=O)C=C1[C@@H](F)C[C@@H]1[C@@H]2[C@@H](O)C[C@]23CO[C@]2(C(=O)CO)[C@H](O)C[C@@H]13. The summed E-state index contributed by atoms with van der Waals surface area (Å²) in [7, 11) is 0. The highest BCUT2D eigenvalue weighted by Gasteiger charge is 2.79. The lowest BCUT2D eigenvalue weighted by atomic mass is 9.44. The number of carbonyl (C=O) groups excluding carboxylic acids is 2. The fraction of sp³-hybridized carbons (Fsp3) is 0.714. The Hall–Kier alpha value is -1.41. The fourth-order valence-electron chi connectivity index (χ4n) is 7.46. The Morgan fingerprint density at radius 2 is 2.11 bits per heavy atom. The molecule has 3 N–H and O–H groups in total. The van der Waals surface area contributed by atoms with Gasteiger partial charge >= 0.3 is 0 Å². The van der Waals surface area contributed by atoms with Crippen molar-refractivity contribution >= 4 is 11.6 Å². The summed E-state index contributed by atoms with van der Waals surface area (Å²) >= 11 is 0. The molecule has 4 aliphatic carbocycles. The summed E-state index contributed by atoms with van der Waals surface area (Å²) in [6.45, 7) is 1.34. The molecule has 3 saturated carbocycles. The van der Waals surface area contributed by atoms with Gasteiger partial charge in [-0.25, -0.2) is 4.39 Å². The maximum Gasteiger partial charge on any atom is 0.193 e. The zero-order valence-corrected chi connectivity index (χ0v) is 15.7. The Labute approximate surface area is 162 Å². The van der Waals surface area contributed by atoms with Crippen LogP contribution >= 0.6 is 0 Å². The molecule has 1 spiro atoms. The average Bonchev–Trinajstić information content (AvgIpc) is 2.80. The van der Waals surface area contributed by atoms with E-state index in [0.717, 1.165) is 0 Å². The van der Waals surface area contributed by atoms with E-state index in [9.17, 15) is 24.9 Å².